The molecule has 0 spiro atoms. The van der Waals surface area contributed by atoms with Gasteiger partial charge >= 0.3 is 0 Å². The fraction of sp³-hybridized carbons (Fsp3) is 0. The number of hydrogen-bond acceptors (Lipinski definition) is 6. The smallest absolute Gasteiger partial charge is 0.271 e. The first-order chi connectivity index (χ1) is 13.0. The van der Waals surface area contributed by atoms with E-state index in [1.165, 1.54) is 17.5 Å². The largest absolute Gasteiger partial charge is 0.358 e. The van der Waals surface area contributed by atoms with Crippen LogP contribution >= 0.6 is 27.3 Å². The van der Waals surface area contributed by atoms with Crippen molar-refractivity contribution in [3.8, 4) is 17.3 Å². The number of halogens is 2. The Labute approximate surface area is 165 Å². The lowest BCUT2D eigenvalue weighted by atomic mass is 10.2. The van der Waals surface area contributed by atoms with Crippen LogP contribution in [-0.4, -0.2) is 9.91 Å². The Balaban J connectivity index is 1.86. The number of thiazole rings is 1. The van der Waals surface area contributed by atoms with Crippen molar-refractivity contribution >= 4 is 44.2 Å². The molecule has 3 rings (SSSR count). The van der Waals surface area contributed by atoms with Crippen LogP contribution in [0.25, 0.3) is 16.8 Å². The van der Waals surface area contributed by atoms with Gasteiger partial charge in [-0.25, -0.2) is 9.37 Å². The minimum Gasteiger partial charge on any atom is -0.358 e. The van der Waals surface area contributed by atoms with Crippen molar-refractivity contribution < 1.29 is 9.31 Å². The third-order valence-corrected chi connectivity index (χ3v) is 4.93. The average Bonchev–Trinajstić information content (AvgIpc) is 3.14. The number of nitriles is 1. The molecule has 1 heterocycles. The maximum Gasteiger partial charge on any atom is 0.271 e. The van der Waals surface area contributed by atoms with Crippen LogP contribution in [0.2, 0.25) is 0 Å². The van der Waals surface area contributed by atoms with Crippen molar-refractivity contribution in [3.05, 3.63) is 79.5 Å². The predicted molar refractivity (Wildman–Crippen MR) is 106 cm³/mol. The predicted octanol–water partition coefficient (Wildman–Crippen LogP) is 5.60. The number of nitro groups is 1. The van der Waals surface area contributed by atoms with Gasteiger partial charge < -0.3 is 5.32 Å². The van der Waals surface area contributed by atoms with Gasteiger partial charge in [-0.2, -0.15) is 5.26 Å². The molecular formula is C18H10BrFN4O2S. The fourth-order valence-electron chi connectivity index (χ4n) is 2.18. The lowest BCUT2D eigenvalue weighted by Crippen LogP contribution is -1.96. The van der Waals surface area contributed by atoms with Crippen LogP contribution in [0.3, 0.4) is 0 Å². The minimum absolute atomic E-state index is 0.0957. The van der Waals surface area contributed by atoms with E-state index in [4.69, 9.17) is 0 Å². The van der Waals surface area contributed by atoms with Gasteiger partial charge in [0.05, 0.1) is 16.3 Å². The number of allylic oxidation sites excluding steroid dienone is 1. The summed E-state index contributed by atoms with van der Waals surface area (Å²) in [6.07, 6.45) is 1.28. The van der Waals surface area contributed by atoms with Gasteiger partial charge in [0.1, 0.15) is 22.5 Å². The van der Waals surface area contributed by atoms with Gasteiger partial charge in [-0.05, 0) is 18.2 Å². The van der Waals surface area contributed by atoms with Gasteiger partial charge in [0.25, 0.3) is 5.69 Å². The number of rotatable bonds is 5. The zero-order valence-corrected chi connectivity index (χ0v) is 15.9. The van der Waals surface area contributed by atoms with E-state index in [0.717, 1.165) is 28.2 Å². The number of nitro benzene ring substituents is 1. The lowest BCUT2D eigenvalue weighted by molar-refractivity contribution is -0.384. The van der Waals surface area contributed by atoms with Crippen molar-refractivity contribution in [1.82, 2.24) is 4.98 Å². The lowest BCUT2D eigenvalue weighted by Gasteiger charge is -2.03. The highest BCUT2D eigenvalue weighted by atomic mass is 79.9. The molecule has 0 unspecified atom stereocenters. The summed E-state index contributed by atoms with van der Waals surface area (Å²) < 4.78 is 14.8. The molecule has 6 nitrogen and oxygen atoms in total. The van der Waals surface area contributed by atoms with Crippen LogP contribution in [0.15, 0.2) is 58.5 Å². The SMILES string of the molecule is N#C/C(=C\Nc1cc([N+](=O)[O-])ccc1F)c1nc(-c2ccc(Br)cc2)cs1. The molecule has 0 aliphatic rings. The first kappa shape index (κ1) is 18.7. The van der Waals surface area contributed by atoms with E-state index in [1.807, 2.05) is 35.7 Å². The first-order valence-electron chi connectivity index (χ1n) is 7.50. The molecule has 0 bridgehead atoms. The number of hydrogen-bond donors (Lipinski definition) is 1. The Kier molecular flexibility index (Phi) is 5.59. The Hall–Kier alpha value is -3.09. The van der Waals surface area contributed by atoms with Gasteiger partial charge in [-0.1, -0.05) is 28.1 Å². The molecule has 0 atom stereocenters. The molecular weight excluding hydrogens is 435 g/mol. The third-order valence-electron chi connectivity index (χ3n) is 3.53. The summed E-state index contributed by atoms with van der Waals surface area (Å²) in [6.45, 7) is 0. The standard InChI is InChI=1S/C18H10BrFN4O2S/c19-13-3-1-11(2-4-13)17-10-27-18(23-17)12(8-21)9-22-16-7-14(24(25)26)5-6-15(16)20/h1-7,9-10,22H/b12-9+. The van der Waals surface area contributed by atoms with Gasteiger partial charge in [0.2, 0.25) is 0 Å². The van der Waals surface area contributed by atoms with Crippen LogP contribution in [0.5, 0.6) is 0 Å². The molecule has 0 saturated heterocycles. The van der Waals surface area contributed by atoms with E-state index in [1.54, 1.807) is 0 Å². The maximum atomic E-state index is 13.8. The van der Waals surface area contributed by atoms with Crippen molar-refractivity contribution in [2.45, 2.75) is 0 Å². The second kappa shape index (κ2) is 8.07. The minimum atomic E-state index is -0.663. The second-order valence-corrected chi connectivity index (χ2v) is 7.05. The highest BCUT2D eigenvalue weighted by Crippen LogP contribution is 2.28. The Morgan fingerprint density at radius 1 is 1.33 bits per heavy atom. The summed E-state index contributed by atoms with van der Waals surface area (Å²) in [5.74, 6) is -0.663. The molecule has 27 heavy (non-hydrogen) atoms. The summed E-state index contributed by atoms with van der Waals surface area (Å²) in [5.41, 5.74) is 1.45. The van der Waals surface area contributed by atoms with E-state index < -0.39 is 10.7 Å². The molecule has 0 saturated carbocycles. The van der Waals surface area contributed by atoms with Crippen LogP contribution in [0.4, 0.5) is 15.8 Å². The van der Waals surface area contributed by atoms with Crippen LogP contribution in [0.1, 0.15) is 5.01 Å². The van der Waals surface area contributed by atoms with Gasteiger partial charge in [-0.3, -0.25) is 10.1 Å². The van der Waals surface area contributed by atoms with Crippen molar-refractivity contribution in [3.63, 3.8) is 0 Å². The molecule has 0 aliphatic heterocycles. The number of aromatic nitrogens is 1. The molecule has 1 aromatic heterocycles. The molecule has 0 radical (unpaired) electrons. The normalized spacial score (nSPS) is 11.1. The van der Waals surface area contributed by atoms with E-state index in [9.17, 15) is 19.8 Å². The third kappa shape index (κ3) is 4.36. The summed E-state index contributed by atoms with van der Waals surface area (Å²) >= 11 is 4.64. The molecule has 0 fully saturated rings. The van der Waals surface area contributed by atoms with Crippen molar-refractivity contribution in [2.75, 3.05) is 5.32 Å². The number of benzene rings is 2. The van der Waals surface area contributed by atoms with E-state index >= 15 is 0 Å². The van der Waals surface area contributed by atoms with Crippen LogP contribution in [-0.2, 0) is 0 Å². The van der Waals surface area contributed by atoms with Crippen LogP contribution < -0.4 is 5.32 Å². The van der Waals surface area contributed by atoms with E-state index in [0.29, 0.717) is 10.7 Å². The Bertz CT molecular complexity index is 1070. The molecule has 2 aromatic carbocycles. The van der Waals surface area contributed by atoms with Crippen LogP contribution in [0, 0.1) is 27.3 Å². The summed E-state index contributed by atoms with van der Waals surface area (Å²) in [5, 5.41) is 25.1. The van der Waals surface area contributed by atoms with Gasteiger partial charge in [0, 0.05) is 33.7 Å². The maximum absolute atomic E-state index is 13.8. The molecule has 1 N–H and O–H groups in total. The second-order valence-electron chi connectivity index (χ2n) is 5.28. The van der Waals surface area contributed by atoms with Gasteiger partial charge in [-0.15, -0.1) is 11.3 Å². The number of non-ortho nitro benzene ring substituents is 1. The Morgan fingerprint density at radius 3 is 2.74 bits per heavy atom. The zero-order chi connectivity index (χ0) is 19.4. The highest BCUT2D eigenvalue weighted by Gasteiger charge is 2.12. The van der Waals surface area contributed by atoms with E-state index in [2.05, 4.69) is 26.2 Å². The molecule has 9 heteroatoms. The van der Waals surface area contributed by atoms with Crippen molar-refractivity contribution in [1.29, 1.82) is 5.26 Å². The number of nitrogens with zero attached hydrogens (tertiary/aromatic N) is 3. The number of anilines is 1. The average molecular weight is 445 g/mol. The monoisotopic (exact) mass is 444 g/mol. The Morgan fingerprint density at radius 2 is 2.07 bits per heavy atom. The number of nitrogens with one attached hydrogen (secondary N) is 1. The van der Waals surface area contributed by atoms with Gasteiger partial charge in [0.15, 0.2) is 0 Å². The highest BCUT2D eigenvalue weighted by molar-refractivity contribution is 9.10. The first-order valence-corrected chi connectivity index (χ1v) is 9.18. The quantitative estimate of drug-likeness (QED) is 0.314. The molecule has 0 amide bonds. The zero-order valence-electron chi connectivity index (χ0n) is 13.5. The van der Waals surface area contributed by atoms with E-state index in [-0.39, 0.29) is 16.9 Å². The molecule has 134 valence electrons. The van der Waals surface area contributed by atoms with Crippen molar-refractivity contribution in [2.24, 2.45) is 0 Å². The topological polar surface area (TPSA) is 91.8 Å². The summed E-state index contributed by atoms with van der Waals surface area (Å²) in [7, 11) is 0. The molecule has 3 aromatic rings. The molecule has 0 aliphatic carbocycles. The fourth-order valence-corrected chi connectivity index (χ4v) is 3.24. The summed E-state index contributed by atoms with van der Waals surface area (Å²) in [4.78, 5) is 14.6. The summed E-state index contributed by atoms with van der Waals surface area (Å²) in [6, 6.07) is 12.7.